The van der Waals surface area contributed by atoms with Crippen molar-refractivity contribution in [1.82, 2.24) is 15.1 Å². The van der Waals surface area contributed by atoms with Crippen molar-refractivity contribution in [3.05, 3.63) is 76.5 Å². The fraction of sp³-hybridized carbons (Fsp3) is 0.190. The summed E-state index contributed by atoms with van der Waals surface area (Å²) in [6.45, 7) is 1.56. The molecule has 0 saturated heterocycles. The van der Waals surface area contributed by atoms with E-state index in [1.807, 2.05) is 0 Å². The summed E-state index contributed by atoms with van der Waals surface area (Å²) in [6.07, 6.45) is -3.14. The predicted octanol–water partition coefficient (Wildman–Crippen LogP) is 4.62. The van der Waals surface area contributed by atoms with Crippen molar-refractivity contribution in [2.75, 3.05) is 0 Å². The number of nitrogens with one attached hydrogen (secondary N) is 1. The molecule has 0 radical (unpaired) electrons. The number of carboxylic acids is 1. The molecule has 1 heterocycles. The molecule has 0 bridgehead atoms. The Kier molecular flexibility index (Phi) is 6.47. The zero-order valence-corrected chi connectivity index (χ0v) is 16.8. The molecule has 7 nitrogen and oxygen atoms in total. The number of aromatic carboxylic acids is 1. The van der Waals surface area contributed by atoms with Gasteiger partial charge in [-0.3, -0.25) is 4.79 Å². The fourth-order valence-electron chi connectivity index (χ4n) is 2.94. The van der Waals surface area contributed by atoms with E-state index < -0.39 is 58.9 Å². The van der Waals surface area contributed by atoms with E-state index >= 15 is 0 Å². The summed E-state index contributed by atoms with van der Waals surface area (Å²) in [5.41, 5.74) is -0.939. The van der Waals surface area contributed by atoms with Gasteiger partial charge in [-0.25, -0.2) is 27.0 Å². The van der Waals surface area contributed by atoms with Crippen LogP contribution in [0.3, 0.4) is 0 Å². The van der Waals surface area contributed by atoms with E-state index in [1.165, 1.54) is 31.3 Å². The second kappa shape index (κ2) is 9.08. The molecule has 1 aromatic heterocycles. The molecular formula is C21H17F4N3O4. The van der Waals surface area contributed by atoms with Crippen LogP contribution in [0.4, 0.5) is 17.6 Å². The fourth-order valence-corrected chi connectivity index (χ4v) is 2.94. The van der Waals surface area contributed by atoms with Gasteiger partial charge in [0.15, 0.2) is 11.6 Å². The van der Waals surface area contributed by atoms with Gasteiger partial charge in [-0.1, -0.05) is 12.1 Å². The number of aryl methyl sites for hydroxylation is 1. The quantitative estimate of drug-likeness (QED) is 0.512. The van der Waals surface area contributed by atoms with E-state index in [0.29, 0.717) is 11.6 Å². The Morgan fingerprint density at radius 1 is 1.12 bits per heavy atom. The molecule has 2 N–H and O–H groups in total. The number of ether oxygens (including phenoxy) is 1. The highest BCUT2D eigenvalue weighted by atomic mass is 19.3. The molecule has 0 spiro atoms. The third-order valence-electron chi connectivity index (χ3n) is 4.56. The number of benzene rings is 2. The molecule has 2 aromatic carbocycles. The molecule has 0 saturated carbocycles. The van der Waals surface area contributed by atoms with Gasteiger partial charge in [-0.2, -0.15) is 5.10 Å². The van der Waals surface area contributed by atoms with Crippen molar-refractivity contribution < 1.29 is 37.0 Å². The van der Waals surface area contributed by atoms with E-state index in [4.69, 9.17) is 9.84 Å². The summed E-state index contributed by atoms with van der Waals surface area (Å²) in [6, 6.07) is 7.31. The normalized spacial score (nSPS) is 12.0. The molecule has 11 heteroatoms. The van der Waals surface area contributed by atoms with Crippen molar-refractivity contribution in [1.29, 1.82) is 0 Å². The number of amides is 1. The number of rotatable bonds is 7. The van der Waals surface area contributed by atoms with Crippen LogP contribution in [0.25, 0.3) is 0 Å². The van der Waals surface area contributed by atoms with Crippen LogP contribution in [0.2, 0.25) is 0 Å². The average molecular weight is 451 g/mol. The highest BCUT2D eigenvalue weighted by Crippen LogP contribution is 2.34. The first-order valence-electron chi connectivity index (χ1n) is 9.20. The van der Waals surface area contributed by atoms with Gasteiger partial charge in [0.1, 0.15) is 17.1 Å². The first kappa shape index (κ1) is 22.8. The van der Waals surface area contributed by atoms with Crippen molar-refractivity contribution in [2.45, 2.75) is 19.4 Å². The van der Waals surface area contributed by atoms with Gasteiger partial charge in [0, 0.05) is 13.1 Å². The number of aromatic nitrogens is 2. The van der Waals surface area contributed by atoms with Gasteiger partial charge in [0.2, 0.25) is 5.88 Å². The van der Waals surface area contributed by atoms with Gasteiger partial charge in [-0.15, -0.1) is 0 Å². The van der Waals surface area contributed by atoms with E-state index in [2.05, 4.69) is 10.4 Å². The minimum atomic E-state index is -3.14. The van der Waals surface area contributed by atoms with Crippen molar-refractivity contribution in [3.8, 4) is 11.6 Å². The molecule has 168 valence electrons. The number of hydrogen-bond acceptors (Lipinski definition) is 4. The summed E-state index contributed by atoms with van der Waals surface area (Å²) in [5.74, 6) is -5.00. The zero-order chi connectivity index (χ0) is 23.6. The summed E-state index contributed by atoms with van der Waals surface area (Å²) in [5, 5.41) is 15.1. The molecule has 0 aliphatic carbocycles. The largest absolute Gasteiger partial charge is 0.478 e. The maximum Gasteiger partial charge on any atom is 0.335 e. The van der Waals surface area contributed by atoms with Crippen LogP contribution in [-0.4, -0.2) is 26.8 Å². The molecule has 32 heavy (non-hydrogen) atoms. The lowest BCUT2D eigenvalue weighted by molar-refractivity contribution is 0.0696. The molecule has 1 atom stereocenters. The third-order valence-corrected chi connectivity index (χ3v) is 4.56. The SMILES string of the molecule is CC(NC(=O)c1c(C(F)F)nn(C)c1Oc1ccc(F)cc1F)c1ccc(C(=O)O)cc1. The van der Waals surface area contributed by atoms with Crippen LogP contribution in [-0.2, 0) is 7.05 Å². The number of carbonyl (C=O) groups excluding carboxylic acids is 1. The minimum absolute atomic E-state index is 0.0385. The van der Waals surface area contributed by atoms with Crippen molar-refractivity contribution in [2.24, 2.45) is 7.05 Å². The van der Waals surface area contributed by atoms with E-state index in [0.717, 1.165) is 16.8 Å². The lowest BCUT2D eigenvalue weighted by atomic mass is 10.1. The van der Waals surface area contributed by atoms with Crippen LogP contribution in [0.5, 0.6) is 11.6 Å². The predicted molar refractivity (Wildman–Crippen MR) is 104 cm³/mol. The first-order valence-corrected chi connectivity index (χ1v) is 9.20. The van der Waals surface area contributed by atoms with Gasteiger partial charge < -0.3 is 15.2 Å². The topological polar surface area (TPSA) is 93.5 Å². The Labute approximate surface area is 179 Å². The number of carboxylic acid groups (broad SMARTS) is 1. The molecule has 0 fully saturated rings. The van der Waals surface area contributed by atoms with Gasteiger partial charge in [0.05, 0.1) is 11.6 Å². The highest BCUT2D eigenvalue weighted by Gasteiger charge is 2.31. The lowest BCUT2D eigenvalue weighted by Crippen LogP contribution is -2.27. The standard InChI is InChI=1S/C21H17F4N3O4/c1-10(11-3-5-12(6-4-11)21(30)31)26-19(29)16-17(18(24)25)27-28(2)20(16)32-15-8-7-13(22)9-14(15)23/h3-10,18H,1-2H3,(H,26,29)(H,30,31). The van der Waals surface area contributed by atoms with Crippen molar-refractivity contribution >= 4 is 11.9 Å². The van der Waals surface area contributed by atoms with Crippen LogP contribution in [0, 0.1) is 11.6 Å². The molecule has 0 aliphatic heterocycles. The minimum Gasteiger partial charge on any atom is -0.478 e. The second-order valence-corrected chi connectivity index (χ2v) is 6.79. The number of alkyl halides is 2. The maximum atomic E-state index is 14.0. The van der Waals surface area contributed by atoms with Gasteiger partial charge in [-0.05, 0) is 36.8 Å². The highest BCUT2D eigenvalue weighted by molar-refractivity contribution is 5.98. The van der Waals surface area contributed by atoms with Crippen LogP contribution >= 0.6 is 0 Å². The summed E-state index contributed by atoms with van der Waals surface area (Å²) in [7, 11) is 1.23. The smallest absolute Gasteiger partial charge is 0.335 e. The Morgan fingerprint density at radius 3 is 2.34 bits per heavy atom. The molecule has 3 aromatic rings. The van der Waals surface area contributed by atoms with Gasteiger partial charge in [0.25, 0.3) is 12.3 Å². The summed E-state index contributed by atoms with van der Waals surface area (Å²) in [4.78, 5) is 23.8. The van der Waals surface area contributed by atoms with E-state index in [-0.39, 0.29) is 5.56 Å². The molecule has 1 unspecified atom stereocenters. The van der Waals surface area contributed by atoms with E-state index in [9.17, 15) is 27.2 Å². The second-order valence-electron chi connectivity index (χ2n) is 6.79. The Hall–Kier alpha value is -3.89. The zero-order valence-electron chi connectivity index (χ0n) is 16.8. The molecule has 3 rings (SSSR count). The Bertz CT molecular complexity index is 1160. The number of halogens is 4. The monoisotopic (exact) mass is 451 g/mol. The average Bonchev–Trinajstić information content (AvgIpc) is 3.06. The number of carbonyl (C=O) groups is 2. The Morgan fingerprint density at radius 2 is 1.78 bits per heavy atom. The Balaban J connectivity index is 1.92. The van der Waals surface area contributed by atoms with Gasteiger partial charge >= 0.3 is 5.97 Å². The first-order chi connectivity index (χ1) is 15.1. The number of hydrogen-bond donors (Lipinski definition) is 2. The number of nitrogens with zero attached hydrogens (tertiary/aromatic N) is 2. The molecule has 1 amide bonds. The molecule has 0 aliphatic rings. The van der Waals surface area contributed by atoms with Crippen molar-refractivity contribution in [3.63, 3.8) is 0 Å². The summed E-state index contributed by atoms with van der Waals surface area (Å²) < 4.78 is 60.4. The van der Waals surface area contributed by atoms with Crippen LogP contribution in [0.1, 0.15) is 51.4 Å². The maximum absolute atomic E-state index is 14.0. The summed E-state index contributed by atoms with van der Waals surface area (Å²) >= 11 is 0. The van der Waals surface area contributed by atoms with Crippen LogP contribution < -0.4 is 10.1 Å². The van der Waals surface area contributed by atoms with Crippen LogP contribution in [0.15, 0.2) is 42.5 Å². The lowest BCUT2D eigenvalue weighted by Gasteiger charge is -2.16. The van der Waals surface area contributed by atoms with E-state index in [1.54, 1.807) is 6.92 Å². The third kappa shape index (κ3) is 4.71. The molecular weight excluding hydrogens is 434 g/mol.